The second-order valence-corrected chi connectivity index (χ2v) is 14.0. The van der Waals surface area contributed by atoms with Crippen LogP contribution in [0.2, 0.25) is 0 Å². The summed E-state index contributed by atoms with van der Waals surface area (Å²) in [6.45, 7) is 0. The predicted octanol–water partition coefficient (Wildman–Crippen LogP) is 13.7. The standard InChI is InChI=1S/C50H33NO2/c1-2-11-32(12-3-1)34-23-25-37(26-24-34)51(38-27-28-48-44(30-38)41-16-8-9-20-47(41)52-48)46-31-45-43-19-10-18-39(36-22-21-33-13-4-5-14-35(33)29-36)49(43)53-50(45)42-17-7-6-15-40(42)46/h1-29,31,38H,30H2. The molecular weight excluding hydrogens is 647 g/mol. The zero-order valence-electron chi connectivity index (χ0n) is 28.9. The van der Waals surface area contributed by atoms with Crippen molar-refractivity contribution in [3.63, 3.8) is 0 Å². The molecule has 8 aromatic carbocycles. The summed E-state index contributed by atoms with van der Waals surface area (Å²) < 4.78 is 13.3. The van der Waals surface area contributed by atoms with E-state index in [4.69, 9.17) is 8.83 Å². The van der Waals surface area contributed by atoms with Gasteiger partial charge in [-0.3, -0.25) is 0 Å². The van der Waals surface area contributed by atoms with Crippen LogP contribution < -0.4 is 4.90 Å². The van der Waals surface area contributed by atoms with Crippen molar-refractivity contribution >= 4 is 71.9 Å². The molecule has 0 aliphatic heterocycles. The van der Waals surface area contributed by atoms with Gasteiger partial charge in [0, 0.05) is 50.2 Å². The summed E-state index contributed by atoms with van der Waals surface area (Å²) in [5, 5.41) is 8.09. The Morgan fingerprint density at radius 2 is 1.15 bits per heavy atom. The van der Waals surface area contributed by atoms with Crippen LogP contribution >= 0.6 is 0 Å². The molecule has 0 spiro atoms. The normalized spacial score (nSPS) is 14.1. The van der Waals surface area contributed by atoms with Crippen molar-refractivity contribution in [2.45, 2.75) is 12.5 Å². The average Bonchev–Trinajstić information content (AvgIpc) is 3.80. The summed E-state index contributed by atoms with van der Waals surface area (Å²) in [7, 11) is 0. The molecule has 1 aliphatic carbocycles. The Kier molecular flexibility index (Phi) is 6.68. The van der Waals surface area contributed by atoms with E-state index in [1.165, 1.54) is 32.8 Å². The Morgan fingerprint density at radius 3 is 2.02 bits per heavy atom. The van der Waals surface area contributed by atoms with Gasteiger partial charge in [-0.1, -0.05) is 146 Å². The third-order valence-electron chi connectivity index (χ3n) is 11.0. The molecule has 11 rings (SSSR count). The minimum Gasteiger partial charge on any atom is -0.456 e. The highest BCUT2D eigenvalue weighted by Gasteiger charge is 2.29. The molecule has 10 aromatic rings. The maximum Gasteiger partial charge on any atom is 0.143 e. The zero-order valence-corrected chi connectivity index (χ0v) is 28.9. The van der Waals surface area contributed by atoms with Crippen LogP contribution in [0.3, 0.4) is 0 Å². The number of hydrogen-bond acceptors (Lipinski definition) is 3. The Labute approximate surface area is 306 Å². The summed E-state index contributed by atoms with van der Waals surface area (Å²) in [5.41, 5.74) is 10.9. The van der Waals surface area contributed by atoms with E-state index in [-0.39, 0.29) is 6.04 Å². The van der Waals surface area contributed by atoms with E-state index in [9.17, 15) is 0 Å². The van der Waals surface area contributed by atoms with E-state index in [0.717, 1.165) is 73.0 Å². The second-order valence-electron chi connectivity index (χ2n) is 14.0. The van der Waals surface area contributed by atoms with Gasteiger partial charge in [-0.05, 0) is 63.9 Å². The van der Waals surface area contributed by atoms with Crippen molar-refractivity contribution < 1.29 is 8.83 Å². The van der Waals surface area contributed by atoms with Gasteiger partial charge in [0.15, 0.2) is 0 Å². The summed E-state index contributed by atoms with van der Waals surface area (Å²) in [5.74, 6) is 0.948. The van der Waals surface area contributed by atoms with Crippen LogP contribution in [0.5, 0.6) is 0 Å². The van der Waals surface area contributed by atoms with Crippen LogP contribution in [-0.4, -0.2) is 6.04 Å². The fourth-order valence-electron chi connectivity index (χ4n) is 8.45. The van der Waals surface area contributed by atoms with Crippen LogP contribution in [0.4, 0.5) is 11.4 Å². The highest BCUT2D eigenvalue weighted by atomic mass is 16.3. The van der Waals surface area contributed by atoms with Gasteiger partial charge in [-0.15, -0.1) is 0 Å². The number of furan rings is 2. The van der Waals surface area contributed by atoms with Crippen LogP contribution in [-0.2, 0) is 6.42 Å². The predicted molar refractivity (Wildman–Crippen MR) is 221 cm³/mol. The number of para-hydroxylation sites is 2. The molecule has 53 heavy (non-hydrogen) atoms. The third-order valence-corrected chi connectivity index (χ3v) is 11.0. The maximum absolute atomic E-state index is 6.95. The molecule has 0 radical (unpaired) electrons. The molecule has 3 heteroatoms. The fourth-order valence-corrected chi connectivity index (χ4v) is 8.45. The molecule has 0 bridgehead atoms. The minimum absolute atomic E-state index is 0.0401. The molecule has 1 aliphatic rings. The zero-order chi connectivity index (χ0) is 34.9. The lowest BCUT2D eigenvalue weighted by Crippen LogP contribution is -2.33. The topological polar surface area (TPSA) is 29.5 Å². The summed E-state index contributed by atoms with van der Waals surface area (Å²) in [6, 6.07) is 60.8. The number of fused-ring (bicyclic) bond motifs is 9. The van der Waals surface area contributed by atoms with Gasteiger partial charge in [-0.25, -0.2) is 0 Å². The first-order valence-electron chi connectivity index (χ1n) is 18.3. The van der Waals surface area contributed by atoms with Crippen molar-refractivity contribution in [3.05, 3.63) is 187 Å². The molecule has 1 atom stereocenters. The number of hydrogen-bond donors (Lipinski definition) is 0. The Hall–Kier alpha value is -6.84. The monoisotopic (exact) mass is 679 g/mol. The van der Waals surface area contributed by atoms with Gasteiger partial charge >= 0.3 is 0 Å². The van der Waals surface area contributed by atoms with Crippen LogP contribution in [0.1, 0.15) is 11.3 Å². The van der Waals surface area contributed by atoms with Gasteiger partial charge in [0.2, 0.25) is 0 Å². The van der Waals surface area contributed by atoms with Gasteiger partial charge in [0.05, 0.1) is 11.7 Å². The number of benzene rings is 8. The highest BCUT2D eigenvalue weighted by molar-refractivity contribution is 6.21. The summed E-state index contributed by atoms with van der Waals surface area (Å²) in [6.07, 6.45) is 5.28. The van der Waals surface area contributed by atoms with Crippen molar-refractivity contribution in [3.8, 4) is 22.3 Å². The number of anilines is 2. The van der Waals surface area contributed by atoms with Crippen molar-refractivity contribution in [1.82, 2.24) is 0 Å². The van der Waals surface area contributed by atoms with E-state index in [2.05, 4.69) is 181 Å². The first-order valence-corrected chi connectivity index (χ1v) is 18.3. The average molecular weight is 680 g/mol. The van der Waals surface area contributed by atoms with Gasteiger partial charge < -0.3 is 13.7 Å². The molecular formula is C50H33NO2. The highest BCUT2D eigenvalue weighted by Crippen LogP contribution is 2.46. The van der Waals surface area contributed by atoms with Gasteiger partial charge in [0.25, 0.3) is 0 Å². The lowest BCUT2D eigenvalue weighted by Gasteiger charge is -2.34. The number of rotatable bonds is 5. The fraction of sp³-hybridized carbons (Fsp3) is 0.0400. The Morgan fingerprint density at radius 1 is 0.472 bits per heavy atom. The molecule has 0 saturated carbocycles. The van der Waals surface area contributed by atoms with Crippen molar-refractivity contribution in [1.29, 1.82) is 0 Å². The second kappa shape index (κ2) is 11.9. The van der Waals surface area contributed by atoms with E-state index in [1.807, 2.05) is 6.07 Å². The Bertz CT molecular complexity index is 3040. The maximum atomic E-state index is 6.95. The van der Waals surface area contributed by atoms with E-state index >= 15 is 0 Å². The quantitative estimate of drug-likeness (QED) is 0.181. The molecule has 1 unspecified atom stereocenters. The lowest BCUT2D eigenvalue weighted by molar-refractivity contribution is 0.590. The first-order chi connectivity index (χ1) is 26.3. The van der Waals surface area contributed by atoms with E-state index < -0.39 is 0 Å². The van der Waals surface area contributed by atoms with Crippen LogP contribution in [0.25, 0.3) is 82.8 Å². The number of nitrogens with zero attached hydrogens (tertiary/aromatic N) is 1. The lowest BCUT2D eigenvalue weighted by atomic mass is 9.93. The third kappa shape index (κ3) is 4.82. The molecule has 250 valence electrons. The SMILES string of the molecule is C1=CC(N(c2ccc(-c3ccccc3)cc2)c2cc3c4cccc(-c5ccc6ccccc6c5)c4oc3c3ccccc23)Cc2c1oc1ccccc21. The molecule has 3 nitrogen and oxygen atoms in total. The van der Waals surface area contributed by atoms with Crippen LogP contribution in [0.15, 0.2) is 185 Å². The Balaban J connectivity index is 1.13. The molecule has 0 fully saturated rings. The smallest absolute Gasteiger partial charge is 0.143 e. The largest absolute Gasteiger partial charge is 0.456 e. The molecule has 0 amide bonds. The minimum atomic E-state index is 0.0401. The van der Waals surface area contributed by atoms with Crippen molar-refractivity contribution in [2.24, 2.45) is 0 Å². The molecule has 2 heterocycles. The van der Waals surface area contributed by atoms with Gasteiger partial charge in [0.1, 0.15) is 22.5 Å². The van der Waals surface area contributed by atoms with E-state index in [0.29, 0.717) is 0 Å². The van der Waals surface area contributed by atoms with E-state index in [1.54, 1.807) is 0 Å². The van der Waals surface area contributed by atoms with Gasteiger partial charge in [-0.2, -0.15) is 0 Å². The molecule has 2 aromatic heterocycles. The first kappa shape index (κ1) is 29.8. The summed E-state index contributed by atoms with van der Waals surface area (Å²) >= 11 is 0. The molecule has 0 saturated heterocycles. The van der Waals surface area contributed by atoms with Crippen LogP contribution in [0, 0.1) is 0 Å². The van der Waals surface area contributed by atoms with Crippen molar-refractivity contribution in [2.75, 3.05) is 4.90 Å². The molecule has 0 N–H and O–H groups in total. The summed E-state index contributed by atoms with van der Waals surface area (Å²) in [4.78, 5) is 2.52.